The maximum Gasteiger partial charge on any atom is 0.438 e. The lowest BCUT2D eigenvalue weighted by Crippen LogP contribution is -2.30. The van der Waals surface area contributed by atoms with Crippen molar-refractivity contribution in [2.24, 2.45) is 0 Å². The van der Waals surface area contributed by atoms with Crippen LogP contribution in [-0.4, -0.2) is 35.2 Å². The summed E-state index contributed by atoms with van der Waals surface area (Å²) in [5, 5.41) is 14.8. The molecular formula is C19H19N3O5. The number of ether oxygens (including phenoxy) is 2. The highest BCUT2D eigenvalue weighted by Crippen LogP contribution is 2.23. The number of rotatable bonds is 6. The van der Waals surface area contributed by atoms with E-state index in [0.717, 1.165) is 16.3 Å². The third kappa shape index (κ3) is 4.18. The van der Waals surface area contributed by atoms with Crippen molar-refractivity contribution in [3.8, 4) is 17.3 Å². The van der Waals surface area contributed by atoms with Gasteiger partial charge < -0.3 is 14.6 Å². The Morgan fingerprint density at radius 1 is 1.11 bits per heavy atom. The van der Waals surface area contributed by atoms with Crippen LogP contribution in [-0.2, 0) is 16.2 Å². The molecule has 0 radical (unpaired) electrons. The van der Waals surface area contributed by atoms with E-state index in [1.165, 1.54) is 14.2 Å². The molecule has 0 atom stereocenters. The number of hydrogen-bond donors (Lipinski definition) is 1. The predicted octanol–water partition coefficient (Wildman–Crippen LogP) is 3.29. The minimum atomic E-state index is -0.637. The van der Waals surface area contributed by atoms with E-state index >= 15 is 0 Å². The van der Waals surface area contributed by atoms with Gasteiger partial charge in [-0.25, -0.2) is 9.48 Å². The molecule has 1 amide bonds. The molecule has 3 aromatic rings. The summed E-state index contributed by atoms with van der Waals surface area (Å²) in [5.41, 5.74) is 2.04. The lowest BCUT2D eigenvalue weighted by Gasteiger charge is -2.20. The molecule has 0 aliphatic heterocycles. The number of aromatic hydroxyl groups is 1. The van der Waals surface area contributed by atoms with Gasteiger partial charge in [-0.2, -0.15) is 5.06 Å². The summed E-state index contributed by atoms with van der Waals surface area (Å²) in [6, 6.07) is 15.6. The van der Waals surface area contributed by atoms with Gasteiger partial charge in [0, 0.05) is 17.8 Å². The number of para-hydroxylation sites is 1. The van der Waals surface area contributed by atoms with Crippen LogP contribution in [0.25, 0.3) is 5.69 Å². The predicted molar refractivity (Wildman–Crippen MR) is 97.9 cm³/mol. The minimum Gasteiger partial charge on any atom is -0.508 e. The smallest absolute Gasteiger partial charge is 0.438 e. The summed E-state index contributed by atoms with van der Waals surface area (Å²) in [4.78, 5) is 17.0. The molecule has 8 heteroatoms. The Bertz CT molecular complexity index is 908. The van der Waals surface area contributed by atoms with Gasteiger partial charge in [-0.1, -0.05) is 18.2 Å². The third-order valence-electron chi connectivity index (χ3n) is 3.79. The standard InChI is InChI=1S/C19H19N3O5/c1-25-19(24)22(26-2)17-6-4-3-5-14(17)13-27-18-11-12-21(20-18)15-7-9-16(23)10-8-15/h3-12,23H,13H2,1-2H3. The molecule has 27 heavy (non-hydrogen) atoms. The molecule has 140 valence electrons. The van der Waals surface area contributed by atoms with E-state index in [9.17, 15) is 9.90 Å². The molecule has 8 nitrogen and oxygen atoms in total. The zero-order chi connectivity index (χ0) is 19.2. The molecule has 0 aliphatic carbocycles. The van der Waals surface area contributed by atoms with Crippen LogP contribution < -0.4 is 9.80 Å². The van der Waals surface area contributed by atoms with Gasteiger partial charge in [0.1, 0.15) is 12.4 Å². The number of phenols is 1. The molecule has 0 saturated heterocycles. The lowest BCUT2D eigenvalue weighted by atomic mass is 10.2. The summed E-state index contributed by atoms with van der Waals surface area (Å²) < 4.78 is 12.1. The highest BCUT2D eigenvalue weighted by atomic mass is 16.7. The van der Waals surface area contributed by atoms with Crippen LogP contribution in [0.5, 0.6) is 11.6 Å². The SMILES string of the molecule is COC(=O)N(OC)c1ccccc1COc1ccn(-c2ccc(O)cc2)n1. The van der Waals surface area contributed by atoms with Gasteiger partial charge in [0.05, 0.1) is 25.6 Å². The highest BCUT2D eigenvalue weighted by Gasteiger charge is 2.19. The van der Waals surface area contributed by atoms with E-state index in [2.05, 4.69) is 5.10 Å². The molecule has 0 bridgehead atoms. The Kier molecular flexibility index (Phi) is 5.58. The maximum atomic E-state index is 11.9. The van der Waals surface area contributed by atoms with Crippen LogP contribution in [0.4, 0.5) is 10.5 Å². The third-order valence-corrected chi connectivity index (χ3v) is 3.79. The molecule has 2 aromatic carbocycles. The van der Waals surface area contributed by atoms with E-state index in [0.29, 0.717) is 11.6 Å². The number of hydroxylamine groups is 1. The number of benzene rings is 2. The first-order valence-electron chi connectivity index (χ1n) is 8.10. The second kappa shape index (κ2) is 8.24. The Labute approximate surface area is 156 Å². The molecule has 1 aromatic heterocycles. The van der Waals surface area contributed by atoms with Crippen LogP contribution in [0, 0.1) is 0 Å². The minimum absolute atomic E-state index is 0.180. The van der Waals surface area contributed by atoms with Crippen molar-refractivity contribution in [1.29, 1.82) is 0 Å². The van der Waals surface area contributed by atoms with Gasteiger partial charge in [0.2, 0.25) is 5.88 Å². The van der Waals surface area contributed by atoms with E-state index in [4.69, 9.17) is 14.3 Å². The van der Waals surface area contributed by atoms with Crippen LogP contribution in [0.1, 0.15) is 5.56 Å². The number of carbonyl (C=O) groups is 1. The number of phenolic OH excluding ortho intramolecular Hbond substituents is 1. The average Bonchev–Trinajstić information content (AvgIpc) is 3.17. The van der Waals surface area contributed by atoms with Gasteiger partial charge in [0.15, 0.2) is 0 Å². The van der Waals surface area contributed by atoms with Gasteiger partial charge in [0.25, 0.3) is 0 Å². The fraction of sp³-hybridized carbons (Fsp3) is 0.158. The van der Waals surface area contributed by atoms with Crippen LogP contribution in [0.2, 0.25) is 0 Å². The first-order chi connectivity index (χ1) is 13.1. The summed E-state index contributed by atoms with van der Waals surface area (Å²) >= 11 is 0. The average molecular weight is 369 g/mol. The maximum absolute atomic E-state index is 11.9. The Morgan fingerprint density at radius 3 is 2.56 bits per heavy atom. The topological polar surface area (TPSA) is 86.0 Å². The molecule has 0 fully saturated rings. The number of methoxy groups -OCH3 is 1. The summed E-state index contributed by atoms with van der Waals surface area (Å²) in [5.74, 6) is 0.604. The molecule has 1 heterocycles. The number of carbonyl (C=O) groups excluding carboxylic acids is 1. The van der Waals surface area contributed by atoms with Crippen molar-refractivity contribution in [3.05, 3.63) is 66.4 Å². The van der Waals surface area contributed by atoms with Gasteiger partial charge in [-0.3, -0.25) is 4.84 Å². The molecule has 0 saturated carbocycles. The summed E-state index contributed by atoms with van der Waals surface area (Å²) in [7, 11) is 2.66. The fourth-order valence-electron chi connectivity index (χ4n) is 2.47. The Hall–Kier alpha value is -3.52. The van der Waals surface area contributed by atoms with Crippen molar-refractivity contribution in [1.82, 2.24) is 9.78 Å². The molecule has 0 unspecified atom stereocenters. The number of nitrogens with zero attached hydrogens (tertiary/aromatic N) is 3. The van der Waals surface area contributed by atoms with Gasteiger partial charge in [-0.05, 0) is 30.3 Å². The van der Waals surface area contributed by atoms with E-state index in [-0.39, 0.29) is 12.4 Å². The van der Waals surface area contributed by atoms with Gasteiger partial charge in [-0.15, -0.1) is 5.10 Å². The first-order valence-corrected chi connectivity index (χ1v) is 8.10. The normalized spacial score (nSPS) is 10.4. The van der Waals surface area contributed by atoms with E-state index in [1.807, 2.05) is 12.1 Å². The highest BCUT2D eigenvalue weighted by molar-refractivity contribution is 5.86. The number of amides is 1. The lowest BCUT2D eigenvalue weighted by molar-refractivity contribution is 0.115. The number of hydrogen-bond acceptors (Lipinski definition) is 6. The van der Waals surface area contributed by atoms with E-state index in [1.54, 1.807) is 53.3 Å². The van der Waals surface area contributed by atoms with E-state index < -0.39 is 6.09 Å². The molecule has 1 N–H and O–H groups in total. The largest absolute Gasteiger partial charge is 0.508 e. The van der Waals surface area contributed by atoms with Crippen molar-refractivity contribution >= 4 is 11.8 Å². The monoisotopic (exact) mass is 369 g/mol. The van der Waals surface area contributed by atoms with Crippen LogP contribution in [0.15, 0.2) is 60.8 Å². The van der Waals surface area contributed by atoms with Gasteiger partial charge >= 0.3 is 6.09 Å². The Balaban J connectivity index is 1.74. The second-order valence-corrected chi connectivity index (χ2v) is 5.48. The molecule has 0 aliphatic rings. The van der Waals surface area contributed by atoms with Crippen LogP contribution >= 0.6 is 0 Å². The second-order valence-electron chi connectivity index (χ2n) is 5.48. The van der Waals surface area contributed by atoms with Crippen molar-refractivity contribution < 1.29 is 24.2 Å². The number of anilines is 1. The summed E-state index contributed by atoms with van der Waals surface area (Å²) in [6.45, 7) is 0.180. The summed E-state index contributed by atoms with van der Waals surface area (Å²) in [6.07, 6.45) is 1.12. The zero-order valence-electron chi connectivity index (χ0n) is 14.9. The quantitative estimate of drug-likeness (QED) is 0.671. The van der Waals surface area contributed by atoms with Crippen molar-refractivity contribution in [3.63, 3.8) is 0 Å². The molecule has 0 spiro atoms. The zero-order valence-corrected chi connectivity index (χ0v) is 14.9. The Morgan fingerprint density at radius 2 is 1.85 bits per heavy atom. The fourth-order valence-corrected chi connectivity index (χ4v) is 2.47. The van der Waals surface area contributed by atoms with Crippen molar-refractivity contribution in [2.75, 3.05) is 19.3 Å². The molecular weight excluding hydrogens is 350 g/mol. The first kappa shape index (κ1) is 18.3. The van der Waals surface area contributed by atoms with Crippen molar-refractivity contribution in [2.45, 2.75) is 6.61 Å². The molecule has 3 rings (SSSR count). The number of aromatic nitrogens is 2. The van der Waals surface area contributed by atoms with Crippen LogP contribution in [0.3, 0.4) is 0 Å².